The summed E-state index contributed by atoms with van der Waals surface area (Å²) in [7, 11) is 2.61. The fourth-order valence-electron chi connectivity index (χ4n) is 5.54. The number of carbonyl (C=O) groups excluding carboxylic acids is 2. The molecule has 0 spiro atoms. The van der Waals surface area contributed by atoms with E-state index < -0.39 is 29.3 Å². The van der Waals surface area contributed by atoms with Crippen molar-refractivity contribution in [2.75, 3.05) is 19.1 Å². The molecule has 3 aromatic carbocycles. The van der Waals surface area contributed by atoms with Crippen LogP contribution in [0.5, 0.6) is 0 Å². The zero-order chi connectivity index (χ0) is 24.8. The highest BCUT2D eigenvalue weighted by atomic mass is 16.5. The van der Waals surface area contributed by atoms with Crippen LogP contribution in [0.3, 0.4) is 0 Å². The molecule has 5 nitrogen and oxygen atoms in total. The lowest BCUT2D eigenvalue weighted by atomic mass is 9.57. The number of esters is 2. The molecule has 1 heterocycles. The van der Waals surface area contributed by atoms with Crippen molar-refractivity contribution in [2.24, 2.45) is 5.41 Å². The van der Waals surface area contributed by atoms with E-state index in [1.165, 1.54) is 14.2 Å². The van der Waals surface area contributed by atoms with Gasteiger partial charge in [-0.1, -0.05) is 78.4 Å². The minimum absolute atomic E-state index is 0.161. The van der Waals surface area contributed by atoms with Gasteiger partial charge in [0.05, 0.1) is 31.0 Å². The number of methoxy groups -OCH3 is 2. The van der Waals surface area contributed by atoms with E-state index in [4.69, 9.17) is 10.8 Å². The van der Waals surface area contributed by atoms with Crippen LogP contribution < -0.4 is 4.90 Å². The van der Waals surface area contributed by atoms with Crippen LogP contribution in [0.15, 0.2) is 90.5 Å². The second-order valence-corrected chi connectivity index (χ2v) is 8.69. The number of hydrogen-bond donors (Lipinski definition) is 0. The highest BCUT2D eigenvalue weighted by molar-refractivity contribution is 6.12. The van der Waals surface area contributed by atoms with Gasteiger partial charge in [-0.05, 0) is 43.0 Å². The summed E-state index contributed by atoms with van der Waals surface area (Å²) in [6.45, 7) is 2.01. The third-order valence-electron chi connectivity index (χ3n) is 7.08. The Hall–Kier alpha value is -3.86. The molecule has 5 heteroatoms. The van der Waals surface area contributed by atoms with Crippen molar-refractivity contribution in [3.05, 3.63) is 107 Å². The van der Waals surface area contributed by atoms with Crippen molar-refractivity contribution in [1.29, 1.82) is 0 Å². The van der Waals surface area contributed by atoms with Crippen molar-refractivity contribution in [1.82, 2.24) is 0 Å². The first-order chi connectivity index (χ1) is 16.9. The number of benzene rings is 3. The van der Waals surface area contributed by atoms with Crippen LogP contribution in [0.2, 0.25) is 0 Å². The highest BCUT2D eigenvalue weighted by Crippen LogP contribution is 2.71. The quantitative estimate of drug-likeness (QED) is 0.389. The average Bonchev–Trinajstić information content (AvgIpc) is 3.12. The van der Waals surface area contributed by atoms with Gasteiger partial charge in [-0.2, -0.15) is 0 Å². The second-order valence-electron chi connectivity index (χ2n) is 8.69. The van der Waals surface area contributed by atoms with Crippen LogP contribution in [-0.2, 0) is 24.6 Å². The Morgan fingerprint density at radius 3 is 2.06 bits per heavy atom. The van der Waals surface area contributed by atoms with E-state index in [-0.39, 0.29) is 5.57 Å². The van der Waals surface area contributed by atoms with Gasteiger partial charge in [-0.15, -0.1) is 0 Å². The fraction of sp³-hybridized carbons (Fsp3) is 0.241. The molecule has 0 bridgehead atoms. The summed E-state index contributed by atoms with van der Waals surface area (Å²) in [5.74, 6) is -1.25. The molecule has 0 radical (unpaired) electrons. The fourth-order valence-corrected chi connectivity index (χ4v) is 5.54. The summed E-state index contributed by atoms with van der Waals surface area (Å²) in [6.07, 6.45) is -0.574. The van der Waals surface area contributed by atoms with E-state index >= 15 is 0 Å². The first-order valence-electron chi connectivity index (χ1n) is 11.8. The molecule has 0 saturated heterocycles. The average molecular weight is 456 g/mol. The first-order valence-corrected chi connectivity index (χ1v) is 11.2. The van der Waals surface area contributed by atoms with Crippen molar-refractivity contribution in [3.8, 4) is 0 Å². The maximum Gasteiger partial charge on any atom is 0.337 e. The van der Waals surface area contributed by atoms with Gasteiger partial charge in [0.2, 0.25) is 0 Å². The molecule has 0 aromatic heterocycles. The zero-order valence-corrected chi connectivity index (χ0v) is 19.4. The largest absolute Gasteiger partial charge is 0.468 e. The summed E-state index contributed by atoms with van der Waals surface area (Å²) < 4.78 is 19.7. The highest BCUT2D eigenvalue weighted by Gasteiger charge is 2.76. The van der Waals surface area contributed by atoms with Crippen LogP contribution in [0, 0.1) is 12.3 Å². The molecule has 5 rings (SSSR count). The number of aryl methyl sites for hydroxylation is 1. The SMILES string of the molecule is [2H]C1[13CH2][C@@]2(c3ccccc3)N(c3ccc(C)cc3)C(c3ccccc3)=C(C(=O)OC)[C@@]12C(=O)OC. The molecule has 34 heavy (non-hydrogen) atoms. The molecule has 3 aromatic rings. The summed E-state index contributed by atoms with van der Waals surface area (Å²) in [4.78, 5) is 29.4. The van der Waals surface area contributed by atoms with Crippen LogP contribution >= 0.6 is 0 Å². The lowest BCUT2D eigenvalue weighted by Crippen LogP contribution is -2.64. The number of carbonyl (C=O) groups is 2. The van der Waals surface area contributed by atoms with Crippen molar-refractivity contribution >= 4 is 23.3 Å². The Morgan fingerprint density at radius 2 is 1.50 bits per heavy atom. The topological polar surface area (TPSA) is 55.8 Å². The number of fused-ring (bicyclic) bond motifs is 1. The number of nitrogens with zero attached hydrogens (tertiary/aromatic N) is 1. The van der Waals surface area contributed by atoms with Crippen LogP contribution in [0.25, 0.3) is 5.70 Å². The number of rotatable bonds is 5. The van der Waals surface area contributed by atoms with Crippen LogP contribution in [0.1, 0.15) is 30.9 Å². The molecule has 0 amide bonds. The second kappa shape index (κ2) is 8.17. The van der Waals surface area contributed by atoms with E-state index in [0.29, 0.717) is 12.1 Å². The lowest BCUT2D eigenvalue weighted by Gasteiger charge is -2.58. The van der Waals surface area contributed by atoms with Gasteiger partial charge in [0.25, 0.3) is 0 Å². The molecule has 1 unspecified atom stereocenters. The summed E-state index contributed by atoms with van der Waals surface area (Å²) in [5, 5.41) is 0. The molecule has 172 valence electrons. The number of ether oxygens (including phenoxy) is 2. The van der Waals surface area contributed by atoms with E-state index in [1.807, 2.05) is 91.9 Å². The van der Waals surface area contributed by atoms with Gasteiger partial charge in [-0.25, -0.2) is 4.79 Å². The molecule has 1 saturated carbocycles. The van der Waals surface area contributed by atoms with Gasteiger partial charge >= 0.3 is 11.9 Å². The van der Waals surface area contributed by atoms with Gasteiger partial charge in [0.1, 0.15) is 5.41 Å². The first kappa shape index (κ1) is 20.7. The Labute approximate surface area is 201 Å². The Morgan fingerprint density at radius 1 is 0.882 bits per heavy atom. The smallest absolute Gasteiger partial charge is 0.337 e. The Bertz CT molecular complexity index is 1310. The summed E-state index contributed by atoms with van der Waals surface area (Å²) in [5.41, 5.74) is 1.60. The van der Waals surface area contributed by atoms with Crippen molar-refractivity contribution in [3.63, 3.8) is 0 Å². The third kappa shape index (κ3) is 2.79. The van der Waals surface area contributed by atoms with E-state index in [0.717, 1.165) is 22.4 Å². The molecule has 1 aliphatic heterocycles. The van der Waals surface area contributed by atoms with Crippen molar-refractivity contribution in [2.45, 2.75) is 25.3 Å². The molecule has 2 aliphatic rings. The molecular formula is C29H27NO4. The minimum atomic E-state index is -1.58. The van der Waals surface area contributed by atoms with E-state index in [9.17, 15) is 9.59 Å². The molecular weight excluding hydrogens is 427 g/mol. The zero-order valence-electron chi connectivity index (χ0n) is 20.4. The van der Waals surface area contributed by atoms with Crippen LogP contribution in [-0.4, -0.2) is 26.2 Å². The Kier molecular flexibility index (Phi) is 4.98. The monoisotopic (exact) mass is 455 g/mol. The Balaban J connectivity index is 1.95. The third-order valence-corrected chi connectivity index (χ3v) is 7.08. The van der Waals surface area contributed by atoms with Gasteiger partial charge < -0.3 is 14.4 Å². The summed E-state index contributed by atoms with van der Waals surface area (Å²) in [6, 6.07) is 27.1. The van der Waals surface area contributed by atoms with E-state index in [2.05, 4.69) is 4.90 Å². The molecule has 1 fully saturated rings. The minimum Gasteiger partial charge on any atom is -0.468 e. The maximum atomic E-state index is 13.8. The van der Waals surface area contributed by atoms with Crippen molar-refractivity contribution < 1.29 is 20.4 Å². The summed E-state index contributed by atoms with van der Waals surface area (Å²) >= 11 is 0. The lowest BCUT2D eigenvalue weighted by molar-refractivity contribution is -0.165. The van der Waals surface area contributed by atoms with Crippen LogP contribution in [0.4, 0.5) is 5.69 Å². The number of anilines is 1. The molecule has 0 N–H and O–H groups in total. The van der Waals surface area contributed by atoms with Gasteiger partial charge in [0, 0.05) is 7.06 Å². The normalized spacial score (nSPS) is 25.8. The van der Waals surface area contributed by atoms with E-state index in [1.54, 1.807) is 0 Å². The predicted molar refractivity (Wildman–Crippen MR) is 131 cm³/mol. The van der Waals surface area contributed by atoms with Gasteiger partial charge in [-0.3, -0.25) is 4.79 Å². The standard InChI is InChI=1S/C29H27NO4/c1-20-14-16-23(17-15-20)30-25(21-10-6-4-7-11-21)24(26(31)33-2)28(27(32)34-3)18-19-29(28,30)22-12-8-5-9-13-22/h4-17H,18-19H2,1-3H3/t28-,29+/m1/s1/i18D,19+1/t18?,28-,29+. The molecule has 3 atom stereocenters. The molecule has 1 aliphatic carbocycles. The predicted octanol–water partition coefficient (Wildman–Crippen LogP) is 5.25. The maximum absolute atomic E-state index is 13.8. The number of hydrogen-bond acceptors (Lipinski definition) is 5. The van der Waals surface area contributed by atoms with Gasteiger partial charge in [0.15, 0.2) is 0 Å².